The maximum absolute atomic E-state index is 5.96. The molecule has 5 aromatic carbocycles. The van der Waals surface area contributed by atoms with E-state index in [2.05, 4.69) is 121 Å². The van der Waals surface area contributed by atoms with Gasteiger partial charge in [0.05, 0.1) is 32.5 Å². The van der Waals surface area contributed by atoms with E-state index in [0.29, 0.717) is 32.5 Å². The molecular formula is C45H46O7. The Hall–Kier alpha value is -4.66. The van der Waals surface area contributed by atoms with Crippen LogP contribution in [0.25, 0.3) is 0 Å². The van der Waals surface area contributed by atoms with E-state index < -0.39 is 0 Å². The van der Waals surface area contributed by atoms with Crippen LogP contribution < -0.4 is 14.2 Å². The predicted octanol–water partition coefficient (Wildman–Crippen LogP) is 7.96. The minimum atomic E-state index is 0.0207. The second-order valence-electron chi connectivity index (χ2n) is 13.8. The number of benzene rings is 5. The first kappa shape index (κ1) is 34.4. The first-order valence-corrected chi connectivity index (χ1v) is 18.4. The van der Waals surface area contributed by atoms with Gasteiger partial charge in [0, 0.05) is 18.9 Å². The molecule has 3 saturated heterocycles. The van der Waals surface area contributed by atoms with Gasteiger partial charge in [-0.3, -0.25) is 0 Å². The standard InChI is InChI=1S/C45H46O7/c1-46-24-25-47-38-18-11-35(12-19-38)44(32-5-2-31(3-6-32)4-17-41-26-50-41)33-7-9-34(10-8-33)45(36-13-20-39(21-14-36)48-27-42-29-51-42)37-15-22-40(23-16-37)49-28-43-30-52-43/h2-3,5-16,18-23,41-45H,4,17,24-30H2,1H3. The van der Waals surface area contributed by atoms with E-state index in [1.807, 2.05) is 0 Å². The van der Waals surface area contributed by atoms with E-state index in [0.717, 1.165) is 49.9 Å². The lowest BCUT2D eigenvalue weighted by Crippen LogP contribution is -2.08. The summed E-state index contributed by atoms with van der Waals surface area (Å²) in [5.41, 5.74) is 8.62. The van der Waals surface area contributed by atoms with Crippen LogP contribution in [0.2, 0.25) is 0 Å². The molecule has 7 heteroatoms. The van der Waals surface area contributed by atoms with Crippen LogP contribution in [0.1, 0.15) is 57.2 Å². The molecule has 52 heavy (non-hydrogen) atoms. The Kier molecular flexibility index (Phi) is 10.8. The van der Waals surface area contributed by atoms with Crippen LogP contribution in [0.15, 0.2) is 121 Å². The molecule has 0 aliphatic carbocycles. The van der Waals surface area contributed by atoms with Gasteiger partial charge in [-0.05, 0) is 88.2 Å². The summed E-state index contributed by atoms with van der Waals surface area (Å²) in [6.07, 6.45) is 2.97. The Balaban J connectivity index is 1.08. The van der Waals surface area contributed by atoms with Gasteiger partial charge in [-0.1, -0.05) is 84.9 Å². The second kappa shape index (κ2) is 16.3. The van der Waals surface area contributed by atoms with Crippen molar-refractivity contribution < 1.29 is 33.2 Å². The number of ether oxygens (including phenoxy) is 7. The number of aryl methyl sites for hydroxylation is 1. The normalized spacial score (nSPS) is 19.8. The van der Waals surface area contributed by atoms with Gasteiger partial charge < -0.3 is 33.2 Å². The monoisotopic (exact) mass is 698 g/mol. The van der Waals surface area contributed by atoms with Crippen molar-refractivity contribution in [3.63, 3.8) is 0 Å². The highest BCUT2D eigenvalue weighted by molar-refractivity contribution is 5.50. The highest BCUT2D eigenvalue weighted by atomic mass is 16.6. The minimum Gasteiger partial charge on any atom is -0.491 e. The van der Waals surface area contributed by atoms with Crippen LogP contribution in [-0.4, -0.2) is 71.7 Å². The fraction of sp³-hybridized carbons (Fsp3) is 0.333. The number of hydrogen-bond donors (Lipinski definition) is 0. The average Bonchev–Trinajstić information content (AvgIpc) is 4.04. The summed E-state index contributed by atoms with van der Waals surface area (Å²) in [7, 11) is 1.69. The van der Waals surface area contributed by atoms with Crippen molar-refractivity contribution >= 4 is 0 Å². The Morgan fingerprint density at radius 1 is 0.462 bits per heavy atom. The molecule has 4 unspecified atom stereocenters. The van der Waals surface area contributed by atoms with E-state index in [9.17, 15) is 0 Å². The molecular weight excluding hydrogens is 652 g/mol. The van der Waals surface area contributed by atoms with Gasteiger partial charge in [0.15, 0.2) is 0 Å². The Bertz CT molecular complexity index is 1780. The lowest BCUT2D eigenvalue weighted by Gasteiger charge is -2.23. The Morgan fingerprint density at radius 2 is 0.808 bits per heavy atom. The van der Waals surface area contributed by atoms with Crippen molar-refractivity contribution in [3.8, 4) is 17.2 Å². The molecule has 0 saturated carbocycles. The van der Waals surface area contributed by atoms with Gasteiger partial charge in [0.1, 0.15) is 49.3 Å². The molecule has 0 amide bonds. The molecule has 0 aromatic heterocycles. The summed E-state index contributed by atoms with van der Waals surface area (Å²) in [5, 5.41) is 0. The second-order valence-corrected chi connectivity index (χ2v) is 13.8. The van der Waals surface area contributed by atoms with Gasteiger partial charge in [0.2, 0.25) is 0 Å². The molecule has 0 radical (unpaired) electrons. The van der Waals surface area contributed by atoms with Crippen LogP contribution >= 0.6 is 0 Å². The predicted molar refractivity (Wildman–Crippen MR) is 200 cm³/mol. The summed E-state index contributed by atoms with van der Waals surface area (Å²) in [6, 6.07) is 43.7. The lowest BCUT2D eigenvalue weighted by molar-refractivity contribution is 0.146. The van der Waals surface area contributed by atoms with Gasteiger partial charge in [-0.2, -0.15) is 0 Å². The number of methoxy groups -OCH3 is 1. The van der Waals surface area contributed by atoms with Crippen molar-refractivity contribution in [1.29, 1.82) is 0 Å². The number of epoxide rings is 3. The van der Waals surface area contributed by atoms with Crippen molar-refractivity contribution in [2.75, 3.05) is 53.4 Å². The van der Waals surface area contributed by atoms with Crippen LogP contribution in [0.3, 0.4) is 0 Å². The Morgan fingerprint density at radius 3 is 1.17 bits per heavy atom. The van der Waals surface area contributed by atoms with Crippen molar-refractivity contribution in [2.24, 2.45) is 0 Å². The fourth-order valence-corrected chi connectivity index (χ4v) is 6.69. The largest absolute Gasteiger partial charge is 0.491 e. The summed E-state index contributed by atoms with van der Waals surface area (Å²) in [5.74, 6) is 2.62. The third-order valence-electron chi connectivity index (χ3n) is 9.95. The lowest BCUT2D eigenvalue weighted by atomic mass is 9.81. The van der Waals surface area contributed by atoms with Crippen molar-refractivity contribution in [3.05, 3.63) is 160 Å². The minimum absolute atomic E-state index is 0.0207. The van der Waals surface area contributed by atoms with Crippen molar-refractivity contribution in [2.45, 2.75) is 43.0 Å². The SMILES string of the molecule is COCCOc1ccc(C(c2ccc(CCC3CO3)cc2)c2ccc(C(c3ccc(OCC4CO4)cc3)c3ccc(OCC4CO4)cc3)cc2)cc1. The molecule has 0 N–H and O–H groups in total. The van der Waals surface area contributed by atoms with Gasteiger partial charge in [-0.25, -0.2) is 0 Å². The molecule has 3 fully saturated rings. The zero-order chi connectivity index (χ0) is 35.1. The topological polar surface area (TPSA) is 74.5 Å². The molecule has 0 spiro atoms. The zero-order valence-corrected chi connectivity index (χ0v) is 29.7. The first-order chi connectivity index (χ1) is 25.7. The number of rotatable bonds is 19. The van der Waals surface area contributed by atoms with E-state index >= 15 is 0 Å². The molecule has 8 rings (SSSR count). The molecule has 4 atom stereocenters. The molecule has 0 bridgehead atoms. The zero-order valence-electron chi connectivity index (χ0n) is 29.7. The highest BCUT2D eigenvalue weighted by Crippen LogP contribution is 2.38. The quantitative estimate of drug-likeness (QED) is 0.0492. The van der Waals surface area contributed by atoms with Crippen LogP contribution in [-0.2, 0) is 25.4 Å². The third-order valence-corrected chi connectivity index (χ3v) is 9.95. The first-order valence-electron chi connectivity index (χ1n) is 18.4. The molecule has 5 aromatic rings. The molecule has 3 aliphatic heterocycles. The smallest absolute Gasteiger partial charge is 0.119 e. The van der Waals surface area contributed by atoms with E-state index in [1.54, 1.807) is 7.11 Å². The number of hydrogen-bond acceptors (Lipinski definition) is 7. The van der Waals surface area contributed by atoms with Gasteiger partial charge in [0.25, 0.3) is 0 Å². The summed E-state index contributed by atoms with van der Waals surface area (Å²) in [4.78, 5) is 0. The van der Waals surface area contributed by atoms with E-state index in [1.165, 1.54) is 38.9 Å². The average molecular weight is 699 g/mol. The Labute approximate surface area is 306 Å². The summed E-state index contributed by atoms with van der Waals surface area (Å²) >= 11 is 0. The maximum atomic E-state index is 5.96. The third kappa shape index (κ3) is 9.22. The van der Waals surface area contributed by atoms with Crippen LogP contribution in [0, 0.1) is 0 Å². The summed E-state index contributed by atoms with van der Waals surface area (Å²) in [6.45, 7) is 4.69. The maximum Gasteiger partial charge on any atom is 0.119 e. The van der Waals surface area contributed by atoms with Crippen LogP contribution in [0.5, 0.6) is 17.2 Å². The van der Waals surface area contributed by atoms with E-state index in [4.69, 9.17) is 33.2 Å². The molecule has 3 heterocycles. The van der Waals surface area contributed by atoms with Crippen molar-refractivity contribution in [1.82, 2.24) is 0 Å². The molecule has 268 valence electrons. The van der Waals surface area contributed by atoms with E-state index in [-0.39, 0.29) is 24.0 Å². The highest BCUT2D eigenvalue weighted by Gasteiger charge is 2.25. The fourth-order valence-electron chi connectivity index (χ4n) is 6.69. The summed E-state index contributed by atoms with van der Waals surface area (Å²) < 4.78 is 39.1. The molecule has 7 nitrogen and oxygen atoms in total. The van der Waals surface area contributed by atoms with Gasteiger partial charge in [-0.15, -0.1) is 0 Å². The van der Waals surface area contributed by atoms with Gasteiger partial charge >= 0.3 is 0 Å². The molecule has 3 aliphatic rings. The van der Waals surface area contributed by atoms with Crippen LogP contribution in [0.4, 0.5) is 0 Å².